The standard InChI is InChI=1S/C26H28N2O3S3/c1-19-9-13-22(14-10-19)34(30,31)27(16-15-25(29)28-20(2)11-12-21(28)3)24-8-5-4-7-23(24)26-32-17-6-18-33-26/h4-5,7-16,26H,6,17-18H2,1-3H3/b16-15+. The SMILES string of the molecule is Cc1ccc(S(=O)(=O)N(/C=C/C(=O)n2c(C)ccc2C)c2ccccc2C2SCCCS2)cc1. The zero-order valence-corrected chi connectivity index (χ0v) is 21.9. The Morgan fingerprint density at radius 2 is 1.56 bits per heavy atom. The van der Waals surface area contributed by atoms with Crippen LogP contribution in [0.3, 0.4) is 0 Å². The summed E-state index contributed by atoms with van der Waals surface area (Å²) in [5, 5.41) is 0. The Morgan fingerprint density at radius 1 is 0.941 bits per heavy atom. The Kier molecular flexibility index (Phi) is 7.60. The zero-order valence-electron chi connectivity index (χ0n) is 19.5. The van der Waals surface area contributed by atoms with E-state index in [1.165, 1.54) is 16.6 Å². The first-order chi connectivity index (χ1) is 16.3. The van der Waals surface area contributed by atoms with Crippen LogP contribution in [0, 0.1) is 20.8 Å². The highest BCUT2D eigenvalue weighted by Gasteiger charge is 2.28. The first kappa shape index (κ1) is 24.7. The van der Waals surface area contributed by atoms with Crippen molar-refractivity contribution in [2.24, 2.45) is 0 Å². The van der Waals surface area contributed by atoms with Crippen LogP contribution in [-0.2, 0) is 10.0 Å². The second-order valence-corrected chi connectivity index (χ2v) is 12.7. The van der Waals surface area contributed by atoms with Gasteiger partial charge in [0.05, 0.1) is 15.2 Å². The Labute approximate surface area is 210 Å². The smallest absolute Gasteiger partial charge is 0.268 e. The molecular weight excluding hydrogens is 484 g/mol. The van der Waals surface area contributed by atoms with Crippen LogP contribution in [0.2, 0.25) is 0 Å². The number of anilines is 1. The third-order valence-corrected chi connectivity index (χ3v) is 10.4. The molecule has 178 valence electrons. The molecule has 5 nitrogen and oxygen atoms in total. The van der Waals surface area contributed by atoms with Crippen LogP contribution in [0.4, 0.5) is 5.69 Å². The van der Waals surface area contributed by atoms with Crippen LogP contribution in [0.15, 0.2) is 77.8 Å². The van der Waals surface area contributed by atoms with Crippen molar-refractivity contribution in [3.05, 3.63) is 95.5 Å². The van der Waals surface area contributed by atoms with Gasteiger partial charge in [-0.15, -0.1) is 23.5 Å². The van der Waals surface area contributed by atoms with Gasteiger partial charge in [0.2, 0.25) is 0 Å². The molecule has 2 aromatic carbocycles. The van der Waals surface area contributed by atoms with Crippen LogP contribution < -0.4 is 4.31 Å². The Balaban J connectivity index is 1.81. The number of aryl methyl sites for hydroxylation is 3. The van der Waals surface area contributed by atoms with Gasteiger partial charge in [0.15, 0.2) is 0 Å². The predicted octanol–water partition coefficient (Wildman–Crippen LogP) is 6.33. The maximum atomic E-state index is 13.9. The van der Waals surface area contributed by atoms with Crippen molar-refractivity contribution in [2.75, 3.05) is 15.8 Å². The number of benzene rings is 2. The van der Waals surface area contributed by atoms with E-state index in [9.17, 15) is 13.2 Å². The highest BCUT2D eigenvalue weighted by molar-refractivity contribution is 8.16. The molecule has 1 fully saturated rings. The number of sulfonamides is 1. The van der Waals surface area contributed by atoms with Gasteiger partial charge in [-0.1, -0.05) is 35.9 Å². The Morgan fingerprint density at radius 3 is 2.21 bits per heavy atom. The molecule has 0 aliphatic carbocycles. The lowest BCUT2D eigenvalue weighted by atomic mass is 10.2. The van der Waals surface area contributed by atoms with Crippen LogP contribution in [-0.4, -0.2) is 30.4 Å². The molecule has 0 bridgehead atoms. The van der Waals surface area contributed by atoms with E-state index in [0.29, 0.717) is 5.69 Å². The molecule has 1 aromatic heterocycles. The number of aromatic nitrogens is 1. The maximum Gasteiger partial charge on any atom is 0.268 e. The molecular formula is C26H28N2O3S3. The van der Waals surface area contributed by atoms with Crippen LogP contribution in [0.25, 0.3) is 0 Å². The monoisotopic (exact) mass is 512 g/mol. The van der Waals surface area contributed by atoms with E-state index in [1.54, 1.807) is 28.8 Å². The topological polar surface area (TPSA) is 59.4 Å². The lowest BCUT2D eigenvalue weighted by molar-refractivity contribution is 0.0965. The fraction of sp³-hybridized carbons (Fsp3) is 0.269. The van der Waals surface area contributed by atoms with Gasteiger partial charge >= 0.3 is 0 Å². The number of nitrogens with zero attached hydrogens (tertiary/aromatic N) is 2. The van der Waals surface area contributed by atoms with Crippen molar-refractivity contribution in [1.29, 1.82) is 0 Å². The summed E-state index contributed by atoms with van der Waals surface area (Å²) in [6.07, 6.45) is 3.88. The molecule has 0 amide bonds. The number of allylic oxidation sites excluding steroid dienone is 1. The molecule has 0 atom stereocenters. The summed E-state index contributed by atoms with van der Waals surface area (Å²) < 4.78 is 30.7. The minimum Gasteiger partial charge on any atom is -0.286 e. The van der Waals surface area contributed by atoms with E-state index in [0.717, 1.165) is 40.4 Å². The largest absolute Gasteiger partial charge is 0.286 e. The maximum absolute atomic E-state index is 13.9. The van der Waals surface area contributed by atoms with Gasteiger partial charge in [-0.2, -0.15) is 0 Å². The van der Waals surface area contributed by atoms with Crippen LogP contribution in [0.5, 0.6) is 0 Å². The van der Waals surface area contributed by atoms with Gasteiger partial charge in [0.25, 0.3) is 15.9 Å². The Hall–Kier alpha value is -2.42. The van der Waals surface area contributed by atoms with Gasteiger partial charge in [0, 0.05) is 23.7 Å². The number of thioether (sulfide) groups is 2. The van der Waals surface area contributed by atoms with E-state index >= 15 is 0 Å². The fourth-order valence-corrected chi connectivity index (χ4v) is 8.20. The molecule has 3 aromatic rings. The summed E-state index contributed by atoms with van der Waals surface area (Å²) in [5.41, 5.74) is 4.09. The normalized spacial score (nSPS) is 15.0. The van der Waals surface area contributed by atoms with Crippen molar-refractivity contribution in [3.8, 4) is 0 Å². The number of carbonyl (C=O) groups excluding carboxylic acids is 1. The van der Waals surface area contributed by atoms with Crippen molar-refractivity contribution in [1.82, 2.24) is 4.57 Å². The fourth-order valence-electron chi connectivity index (χ4n) is 3.89. The summed E-state index contributed by atoms with van der Waals surface area (Å²) >= 11 is 3.66. The minimum atomic E-state index is -3.95. The van der Waals surface area contributed by atoms with Crippen molar-refractivity contribution in [2.45, 2.75) is 36.7 Å². The number of para-hydroxylation sites is 1. The highest BCUT2D eigenvalue weighted by atomic mass is 32.2. The lowest BCUT2D eigenvalue weighted by Gasteiger charge is -2.28. The molecule has 1 aliphatic rings. The van der Waals surface area contributed by atoms with Gasteiger partial charge in [-0.25, -0.2) is 12.7 Å². The average molecular weight is 513 g/mol. The second kappa shape index (κ2) is 10.5. The van der Waals surface area contributed by atoms with Crippen LogP contribution >= 0.6 is 23.5 Å². The molecule has 4 rings (SSSR count). The summed E-state index contributed by atoms with van der Waals surface area (Å²) in [6.45, 7) is 5.63. The number of hydrogen-bond donors (Lipinski definition) is 0. The van der Waals surface area contributed by atoms with Gasteiger partial charge in [0.1, 0.15) is 0 Å². The average Bonchev–Trinajstić information content (AvgIpc) is 3.18. The van der Waals surface area contributed by atoms with E-state index in [4.69, 9.17) is 0 Å². The van der Waals surface area contributed by atoms with Crippen LogP contribution in [0.1, 0.15) is 38.3 Å². The third-order valence-electron chi connectivity index (χ3n) is 5.68. The molecule has 0 radical (unpaired) electrons. The van der Waals surface area contributed by atoms with Gasteiger partial charge in [-0.3, -0.25) is 9.36 Å². The van der Waals surface area contributed by atoms with Gasteiger partial charge < -0.3 is 0 Å². The van der Waals surface area contributed by atoms with E-state index in [1.807, 2.05) is 80.7 Å². The molecule has 0 spiro atoms. The van der Waals surface area contributed by atoms with E-state index < -0.39 is 10.0 Å². The van der Waals surface area contributed by atoms with E-state index in [-0.39, 0.29) is 15.4 Å². The van der Waals surface area contributed by atoms with Crippen molar-refractivity contribution < 1.29 is 13.2 Å². The second-order valence-electron chi connectivity index (χ2n) is 8.21. The summed E-state index contributed by atoms with van der Waals surface area (Å²) in [6, 6.07) is 18.1. The zero-order chi connectivity index (χ0) is 24.3. The summed E-state index contributed by atoms with van der Waals surface area (Å²) in [4.78, 5) is 13.2. The lowest BCUT2D eigenvalue weighted by Crippen LogP contribution is -2.27. The van der Waals surface area contributed by atoms with Crippen molar-refractivity contribution >= 4 is 45.1 Å². The molecule has 2 heterocycles. The molecule has 1 aliphatic heterocycles. The highest BCUT2D eigenvalue weighted by Crippen LogP contribution is 2.47. The number of hydrogen-bond acceptors (Lipinski definition) is 5. The first-order valence-corrected chi connectivity index (χ1v) is 14.6. The summed E-state index contributed by atoms with van der Waals surface area (Å²) in [7, 11) is -3.95. The third kappa shape index (κ3) is 5.14. The molecule has 0 saturated carbocycles. The molecule has 1 saturated heterocycles. The molecule has 34 heavy (non-hydrogen) atoms. The molecule has 0 N–H and O–H groups in total. The predicted molar refractivity (Wildman–Crippen MR) is 143 cm³/mol. The van der Waals surface area contributed by atoms with Crippen molar-refractivity contribution in [3.63, 3.8) is 0 Å². The first-order valence-electron chi connectivity index (χ1n) is 11.1. The molecule has 0 unspecified atom stereocenters. The Bertz CT molecular complexity index is 1290. The van der Waals surface area contributed by atoms with E-state index in [2.05, 4.69) is 0 Å². The minimum absolute atomic E-state index is 0.138. The number of rotatable bonds is 6. The molecule has 8 heteroatoms. The van der Waals surface area contributed by atoms with Gasteiger partial charge in [-0.05, 0) is 74.6 Å². The summed E-state index contributed by atoms with van der Waals surface area (Å²) in [5.74, 6) is 1.79. The quantitative estimate of drug-likeness (QED) is 0.361. The number of carbonyl (C=O) groups is 1.